The van der Waals surface area contributed by atoms with Gasteiger partial charge in [-0.05, 0) is 230 Å². The molecular formula is C98H62O2. The van der Waals surface area contributed by atoms with Crippen molar-refractivity contribution < 1.29 is 8.83 Å². The van der Waals surface area contributed by atoms with Gasteiger partial charge >= 0.3 is 0 Å². The highest BCUT2D eigenvalue weighted by Crippen LogP contribution is 2.58. The molecule has 0 unspecified atom stereocenters. The molecular weight excluding hydrogens is 1210 g/mol. The summed E-state index contributed by atoms with van der Waals surface area (Å²) in [5.74, 6) is 0. The van der Waals surface area contributed by atoms with Crippen molar-refractivity contribution in [3.05, 3.63) is 326 Å². The van der Waals surface area contributed by atoms with Gasteiger partial charge in [0.2, 0.25) is 0 Å². The van der Waals surface area contributed by atoms with Crippen molar-refractivity contribution in [2.24, 2.45) is 0 Å². The van der Waals surface area contributed by atoms with Crippen LogP contribution in [-0.4, -0.2) is 0 Å². The van der Waals surface area contributed by atoms with E-state index in [0.29, 0.717) is 0 Å². The Morgan fingerprint density at radius 1 is 0.200 bits per heavy atom. The molecule has 2 aliphatic rings. The Hall–Kier alpha value is -12.4. The second kappa shape index (κ2) is 20.1. The van der Waals surface area contributed by atoms with E-state index >= 15 is 0 Å². The fourth-order valence-electron chi connectivity index (χ4n) is 18.7. The minimum Gasteiger partial charge on any atom is -0.456 e. The monoisotopic (exact) mass is 1270 g/mol. The van der Waals surface area contributed by atoms with Gasteiger partial charge in [-0.3, -0.25) is 0 Å². The fourth-order valence-corrected chi connectivity index (χ4v) is 18.7. The molecule has 0 atom stereocenters. The highest BCUT2D eigenvalue weighted by atomic mass is 16.3. The summed E-state index contributed by atoms with van der Waals surface area (Å²) in [4.78, 5) is 0. The van der Waals surface area contributed by atoms with Crippen LogP contribution < -0.4 is 0 Å². The average Bonchev–Trinajstić information content (AvgIpc) is 0.933. The van der Waals surface area contributed by atoms with Crippen molar-refractivity contribution in [1.82, 2.24) is 0 Å². The first kappa shape index (κ1) is 55.7. The smallest absolute Gasteiger partial charge is 0.143 e. The molecule has 0 aliphatic heterocycles. The summed E-state index contributed by atoms with van der Waals surface area (Å²) in [5, 5.41) is 24.3. The number of benzene rings is 18. The molecule has 0 fully saturated rings. The number of furan rings is 2. The summed E-state index contributed by atoms with van der Waals surface area (Å²) in [6.07, 6.45) is 0. The number of fused-ring (bicyclic) bond motifs is 24. The highest BCUT2D eigenvalue weighted by Gasteiger charge is 2.40. The lowest BCUT2D eigenvalue weighted by molar-refractivity contribution is 0.660. The van der Waals surface area contributed by atoms with Crippen LogP contribution >= 0.6 is 0 Å². The topological polar surface area (TPSA) is 26.3 Å². The average molecular weight is 1270 g/mol. The van der Waals surface area contributed by atoms with Crippen LogP contribution in [0.1, 0.15) is 49.9 Å². The molecule has 0 N–H and O–H groups in total. The van der Waals surface area contributed by atoms with Crippen molar-refractivity contribution >= 4 is 130 Å². The third-order valence-corrected chi connectivity index (χ3v) is 23.4. The number of para-hydroxylation sites is 2. The van der Waals surface area contributed by atoms with E-state index in [1.165, 1.54) is 181 Å². The van der Waals surface area contributed by atoms with Crippen LogP contribution in [0.3, 0.4) is 0 Å². The molecule has 0 radical (unpaired) electrons. The van der Waals surface area contributed by atoms with Crippen LogP contribution in [0.2, 0.25) is 0 Å². The standard InChI is InChI=1S/C98H62O2/c1-97(2)80-47-42-56-39-43-75-65-21-15-17-31-84(65)100-96(75)91(56)92(80)76-44-40-63(52-82(76)97)89-72-28-13-9-24-68(72)88(69-25-10-14-29-73(69)89)62-38-35-58-49-60(36-34-59(58)51-62)79-54-86-94(78-30-16-18-32-85(78)99-86)95-74(79)46-48-81-93(95)77-45-41-64(53-83(77)98(81,3)4)90-70-26-11-7-22-66(70)87(67-23-8-12-27-71(67)90)61-37-33-55-19-5-6-20-57(55)50-61/h5-54H,1-4H3. The van der Waals surface area contributed by atoms with Gasteiger partial charge in [0.1, 0.15) is 22.3 Å². The Labute approximate surface area is 577 Å². The zero-order valence-electron chi connectivity index (χ0n) is 55.7. The molecule has 2 heteroatoms. The normalized spacial score (nSPS) is 13.8. The van der Waals surface area contributed by atoms with Gasteiger partial charge in [0, 0.05) is 43.1 Å². The molecule has 18 aromatic carbocycles. The van der Waals surface area contributed by atoms with Crippen LogP contribution in [0.15, 0.2) is 312 Å². The molecule has 2 aromatic heterocycles. The molecule has 466 valence electrons. The number of hydrogen-bond acceptors (Lipinski definition) is 2. The molecule has 2 heterocycles. The highest BCUT2D eigenvalue weighted by molar-refractivity contribution is 6.29. The maximum atomic E-state index is 6.98. The molecule has 20 aromatic rings. The Balaban J connectivity index is 0.673. The second-order valence-electron chi connectivity index (χ2n) is 29.2. The van der Waals surface area contributed by atoms with Gasteiger partial charge in [0.15, 0.2) is 0 Å². The molecule has 22 rings (SSSR count). The van der Waals surface area contributed by atoms with Crippen molar-refractivity contribution in [2.45, 2.75) is 38.5 Å². The van der Waals surface area contributed by atoms with Crippen LogP contribution in [0, 0.1) is 0 Å². The summed E-state index contributed by atoms with van der Waals surface area (Å²) in [7, 11) is 0. The first-order valence-corrected chi connectivity index (χ1v) is 35.1. The Bertz CT molecular complexity index is 6970. The van der Waals surface area contributed by atoms with E-state index in [0.717, 1.165) is 49.6 Å². The summed E-state index contributed by atoms with van der Waals surface area (Å²) in [6.45, 7) is 9.64. The third-order valence-electron chi connectivity index (χ3n) is 23.4. The largest absolute Gasteiger partial charge is 0.456 e. The minimum atomic E-state index is -0.307. The zero-order chi connectivity index (χ0) is 66.0. The van der Waals surface area contributed by atoms with E-state index in [9.17, 15) is 0 Å². The predicted molar refractivity (Wildman–Crippen MR) is 423 cm³/mol. The van der Waals surface area contributed by atoms with Gasteiger partial charge in [-0.15, -0.1) is 0 Å². The van der Waals surface area contributed by atoms with Gasteiger partial charge < -0.3 is 8.83 Å². The molecule has 0 amide bonds. The van der Waals surface area contributed by atoms with Crippen LogP contribution in [0.25, 0.3) is 208 Å². The zero-order valence-corrected chi connectivity index (χ0v) is 55.7. The van der Waals surface area contributed by atoms with Crippen LogP contribution in [-0.2, 0) is 10.8 Å². The lowest BCUT2D eigenvalue weighted by atomic mass is 9.80. The fraction of sp³-hybridized carbons (Fsp3) is 0.0612. The lowest BCUT2D eigenvalue weighted by Crippen LogP contribution is -2.15. The Kier molecular flexibility index (Phi) is 11.2. The van der Waals surface area contributed by atoms with E-state index in [1.807, 2.05) is 0 Å². The van der Waals surface area contributed by atoms with E-state index in [4.69, 9.17) is 8.83 Å². The van der Waals surface area contributed by atoms with E-state index < -0.39 is 0 Å². The molecule has 0 saturated heterocycles. The van der Waals surface area contributed by atoms with Gasteiger partial charge in [-0.25, -0.2) is 0 Å². The quantitative estimate of drug-likeness (QED) is 0.161. The minimum absolute atomic E-state index is 0.246. The third kappa shape index (κ3) is 7.57. The Morgan fingerprint density at radius 2 is 0.570 bits per heavy atom. The summed E-state index contributed by atoms with van der Waals surface area (Å²) < 4.78 is 13.7. The first-order valence-electron chi connectivity index (χ1n) is 35.1. The molecule has 0 saturated carbocycles. The molecule has 0 bridgehead atoms. The SMILES string of the molecule is CC1(C)c2cc(-c3c4ccccc4c(-c4ccc5cc(-c6cc7oc8ccccc8c7c7c8c(ccc67)C(C)(C)c6cc(-c7c9ccccc9c(-c9ccc%10ccccc%10c9)c9ccccc79)ccc6-8)ccc5c4)c4ccccc34)ccc2-c2c1ccc1ccc3c4ccccc4oc3c21. The molecule has 2 aliphatic carbocycles. The maximum Gasteiger partial charge on any atom is 0.143 e. The number of hydrogen-bond donors (Lipinski definition) is 0. The van der Waals surface area contributed by atoms with Crippen molar-refractivity contribution in [3.63, 3.8) is 0 Å². The van der Waals surface area contributed by atoms with Crippen LogP contribution in [0.5, 0.6) is 0 Å². The number of rotatable bonds is 5. The van der Waals surface area contributed by atoms with E-state index in [1.54, 1.807) is 0 Å². The van der Waals surface area contributed by atoms with E-state index in [2.05, 4.69) is 331 Å². The first-order chi connectivity index (χ1) is 49.1. The van der Waals surface area contributed by atoms with Crippen molar-refractivity contribution in [2.75, 3.05) is 0 Å². The van der Waals surface area contributed by atoms with Crippen molar-refractivity contribution in [1.29, 1.82) is 0 Å². The molecule has 2 nitrogen and oxygen atoms in total. The van der Waals surface area contributed by atoms with Gasteiger partial charge in [0.25, 0.3) is 0 Å². The van der Waals surface area contributed by atoms with E-state index in [-0.39, 0.29) is 10.8 Å². The Morgan fingerprint density at radius 3 is 1.11 bits per heavy atom. The lowest BCUT2D eigenvalue weighted by Gasteiger charge is -2.23. The predicted octanol–water partition coefficient (Wildman–Crippen LogP) is 27.7. The summed E-state index contributed by atoms with van der Waals surface area (Å²) in [6, 6.07) is 114. The van der Waals surface area contributed by atoms with Crippen molar-refractivity contribution in [3.8, 4) is 77.9 Å². The molecule has 100 heavy (non-hydrogen) atoms. The van der Waals surface area contributed by atoms with Gasteiger partial charge in [-0.1, -0.05) is 276 Å². The maximum absolute atomic E-state index is 6.98. The molecule has 0 spiro atoms. The second-order valence-corrected chi connectivity index (χ2v) is 29.2. The van der Waals surface area contributed by atoms with Crippen LogP contribution in [0.4, 0.5) is 0 Å². The summed E-state index contributed by atoms with van der Waals surface area (Å²) in [5.41, 5.74) is 25.9. The summed E-state index contributed by atoms with van der Waals surface area (Å²) >= 11 is 0. The van der Waals surface area contributed by atoms with Gasteiger partial charge in [0.05, 0.1) is 0 Å². The van der Waals surface area contributed by atoms with Gasteiger partial charge in [-0.2, -0.15) is 0 Å².